The predicted molar refractivity (Wildman–Crippen MR) is 142 cm³/mol. The number of likely N-dealkylation sites (tertiary alicyclic amines) is 1. The van der Waals surface area contributed by atoms with E-state index >= 15 is 0 Å². The molecule has 0 spiro atoms. The fourth-order valence-electron chi connectivity index (χ4n) is 5.13. The zero-order valence-corrected chi connectivity index (χ0v) is 23.0. The molecule has 1 aromatic rings. The first-order valence-corrected chi connectivity index (χ1v) is 13.9. The summed E-state index contributed by atoms with van der Waals surface area (Å²) in [7, 11) is 0. The van der Waals surface area contributed by atoms with Gasteiger partial charge in [0.05, 0.1) is 12.2 Å². The fraction of sp³-hybridized carbons (Fsp3) is 0.679. The third-order valence-corrected chi connectivity index (χ3v) is 7.50. The molecule has 0 saturated carbocycles. The van der Waals surface area contributed by atoms with Gasteiger partial charge in [0.2, 0.25) is 17.7 Å². The zero-order chi connectivity index (χ0) is 27.8. The Kier molecular flexibility index (Phi) is 11.0. The van der Waals surface area contributed by atoms with E-state index in [1.54, 1.807) is 0 Å². The van der Waals surface area contributed by atoms with Gasteiger partial charge in [0, 0.05) is 49.6 Å². The smallest absolute Gasteiger partial charge is 0.242 e. The Hall–Kier alpha value is -2.59. The van der Waals surface area contributed by atoms with Gasteiger partial charge >= 0.3 is 0 Å². The van der Waals surface area contributed by atoms with Crippen molar-refractivity contribution in [1.82, 2.24) is 26.2 Å². The number of hydrogen-bond donors (Lipinski definition) is 4. The maximum absolute atomic E-state index is 14.2. The van der Waals surface area contributed by atoms with E-state index < -0.39 is 23.7 Å². The third-order valence-electron chi connectivity index (χ3n) is 7.50. The average molecular weight is 536 g/mol. The van der Waals surface area contributed by atoms with Crippen LogP contribution in [-0.2, 0) is 14.4 Å². The molecule has 2 unspecified atom stereocenters. The van der Waals surface area contributed by atoms with Crippen molar-refractivity contribution in [2.24, 2.45) is 5.92 Å². The molecular weight excluding hydrogens is 492 g/mol. The Labute approximate surface area is 224 Å². The predicted octanol–water partition coefficient (Wildman–Crippen LogP) is 3.13. The number of halogens is 2. The normalized spacial score (nSPS) is 23.2. The molecule has 1 aromatic carbocycles. The van der Waals surface area contributed by atoms with Crippen LogP contribution in [0.3, 0.4) is 0 Å². The molecule has 0 aromatic heterocycles. The largest absolute Gasteiger partial charge is 0.349 e. The summed E-state index contributed by atoms with van der Waals surface area (Å²) in [6.45, 7) is 9.05. The monoisotopic (exact) mass is 535 g/mol. The minimum Gasteiger partial charge on any atom is -0.349 e. The van der Waals surface area contributed by atoms with Crippen molar-refractivity contribution in [1.29, 1.82) is 0 Å². The second kappa shape index (κ2) is 14.0. The van der Waals surface area contributed by atoms with E-state index in [1.807, 2.05) is 32.6 Å². The Balaban J connectivity index is 1.59. The molecule has 0 radical (unpaired) electrons. The van der Waals surface area contributed by atoms with Crippen molar-refractivity contribution in [3.63, 3.8) is 0 Å². The number of carbonyl (C=O) groups is 3. The first kappa shape index (κ1) is 30.0. The molecule has 2 heterocycles. The number of nitrogens with zero attached hydrogens (tertiary/aromatic N) is 1. The van der Waals surface area contributed by atoms with Crippen LogP contribution in [0.4, 0.5) is 8.78 Å². The molecule has 4 N–H and O–H groups in total. The Morgan fingerprint density at radius 2 is 1.84 bits per heavy atom. The highest BCUT2D eigenvalue weighted by Gasteiger charge is 2.32. The first-order valence-electron chi connectivity index (χ1n) is 13.9. The molecule has 2 aliphatic rings. The highest BCUT2D eigenvalue weighted by molar-refractivity contribution is 5.88. The maximum atomic E-state index is 14.2. The van der Waals surface area contributed by atoms with Crippen LogP contribution >= 0.6 is 0 Å². The van der Waals surface area contributed by atoms with Gasteiger partial charge in [-0.15, -0.1) is 0 Å². The molecule has 2 aliphatic heterocycles. The number of piperidine rings is 1. The molecule has 10 heteroatoms. The van der Waals surface area contributed by atoms with Crippen LogP contribution in [0.15, 0.2) is 18.2 Å². The lowest BCUT2D eigenvalue weighted by atomic mass is 10.0. The lowest BCUT2D eigenvalue weighted by molar-refractivity contribution is -0.135. The number of carbonyl (C=O) groups excluding carboxylic acids is 3. The van der Waals surface area contributed by atoms with Crippen LogP contribution in [-0.4, -0.2) is 60.0 Å². The van der Waals surface area contributed by atoms with E-state index in [9.17, 15) is 23.2 Å². The minimum absolute atomic E-state index is 0.00257. The van der Waals surface area contributed by atoms with Gasteiger partial charge in [-0.1, -0.05) is 19.9 Å². The Bertz CT molecular complexity index is 976. The van der Waals surface area contributed by atoms with Crippen molar-refractivity contribution in [2.75, 3.05) is 13.1 Å². The quantitative estimate of drug-likeness (QED) is 0.349. The molecule has 38 heavy (non-hydrogen) atoms. The molecule has 0 bridgehead atoms. The van der Waals surface area contributed by atoms with Gasteiger partial charge in [0.25, 0.3) is 0 Å². The molecule has 8 nitrogen and oxygen atoms in total. The van der Waals surface area contributed by atoms with Gasteiger partial charge in [0.1, 0.15) is 17.7 Å². The van der Waals surface area contributed by atoms with Gasteiger partial charge in [-0.2, -0.15) is 0 Å². The zero-order valence-electron chi connectivity index (χ0n) is 23.0. The van der Waals surface area contributed by atoms with Crippen molar-refractivity contribution >= 4 is 17.7 Å². The second-order valence-corrected chi connectivity index (χ2v) is 11.1. The van der Waals surface area contributed by atoms with E-state index in [0.717, 1.165) is 31.9 Å². The van der Waals surface area contributed by atoms with E-state index in [0.29, 0.717) is 30.9 Å². The number of nitrogens with one attached hydrogen (secondary N) is 4. The number of amides is 3. The summed E-state index contributed by atoms with van der Waals surface area (Å²) in [5, 5.41) is 12.3. The molecule has 2 saturated heterocycles. The standard InChI is InChI=1S/C28H43F2N5O3/c1-17(2)8-12-25(36)33-23(11-13-26(37)35-14-6-5-7-18(35)3)28(38)32-19(4)27-31-16-24(34-27)21-10-9-20(29)15-22(21)30/h9-10,15,17-19,23-24,27,31,34H,5-8,11-14,16H2,1-4H3,(H,32,38)(H,33,36)/t18-,19-,23-,24?,27?/m0/s1. The van der Waals surface area contributed by atoms with Crippen LogP contribution in [0.25, 0.3) is 0 Å². The topological polar surface area (TPSA) is 103 Å². The van der Waals surface area contributed by atoms with E-state index in [2.05, 4.69) is 21.3 Å². The summed E-state index contributed by atoms with van der Waals surface area (Å²) < 4.78 is 27.5. The van der Waals surface area contributed by atoms with Crippen LogP contribution < -0.4 is 21.3 Å². The van der Waals surface area contributed by atoms with Crippen LogP contribution in [0, 0.1) is 17.6 Å². The third kappa shape index (κ3) is 8.46. The van der Waals surface area contributed by atoms with Gasteiger partial charge in [-0.3, -0.25) is 25.0 Å². The van der Waals surface area contributed by atoms with Crippen LogP contribution in [0.1, 0.15) is 84.2 Å². The number of benzene rings is 1. The molecule has 3 amide bonds. The lowest BCUT2D eigenvalue weighted by Crippen LogP contribution is -2.56. The molecule has 212 valence electrons. The van der Waals surface area contributed by atoms with E-state index in [-0.39, 0.29) is 48.8 Å². The maximum Gasteiger partial charge on any atom is 0.242 e. The summed E-state index contributed by atoms with van der Waals surface area (Å²) >= 11 is 0. The summed E-state index contributed by atoms with van der Waals surface area (Å²) in [6, 6.07) is 2.05. The van der Waals surface area contributed by atoms with Crippen molar-refractivity contribution in [3.8, 4) is 0 Å². The molecule has 0 aliphatic carbocycles. The molecule has 2 fully saturated rings. The SMILES string of the molecule is CC(C)CCC(=O)N[C@@H](CCC(=O)N1CCCC[C@@H]1C)C(=O)N[C@@H](C)C1NCC(c2ccc(F)cc2F)N1. The van der Waals surface area contributed by atoms with E-state index in [4.69, 9.17) is 0 Å². The van der Waals surface area contributed by atoms with Crippen LogP contribution in [0.2, 0.25) is 0 Å². The van der Waals surface area contributed by atoms with Crippen molar-refractivity contribution in [2.45, 2.75) is 103 Å². The molecule has 5 atom stereocenters. The summed E-state index contributed by atoms with van der Waals surface area (Å²) in [4.78, 5) is 40.6. The van der Waals surface area contributed by atoms with Crippen LogP contribution in [0.5, 0.6) is 0 Å². The van der Waals surface area contributed by atoms with Gasteiger partial charge in [0.15, 0.2) is 0 Å². The highest BCUT2D eigenvalue weighted by Crippen LogP contribution is 2.22. The Morgan fingerprint density at radius 1 is 1.08 bits per heavy atom. The summed E-state index contributed by atoms with van der Waals surface area (Å²) in [6.07, 6.45) is 4.11. The first-order chi connectivity index (χ1) is 18.0. The molecule has 3 rings (SSSR count). The molecular formula is C28H43F2N5O3. The average Bonchev–Trinajstić information content (AvgIpc) is 3.35. The lowest BCUT2D eigenvalue weighted by Gasteiger charge is -2.34. The number of rotatable bonds is 11. The Morgan fingerprint density at radius 3 is 2.53 bits per heavy atom. The van der Waals surface area contributed by atoms with Gasteiger partial charge in [-0.05, 0) is 57.9 Å². The van der Waals surface area contributed by atoms with Crippen molar-refractivity contribution < 1.29 is 23.2 Å². The second-order valence-electron chi connectivity index (χ2n) is 11.1. The summed E-state index contributed by atoms with van der Waals surface area (Å²) in [5.41, 5.74) is 0.348. The van der Waals surface area contributed by atoms with E-state index in [1.165, 1.54) is 12.1 Å². The minimum atomic E-state index is -0.840. The van der Waals surface area contributed by atoms with Gasteiger partial charge < -0.3 is 15.5 Å². The fourth-order valence-corrected chi connectivity index (χ4v) is 5.13. The highest BCUT2D eigenvalue weighted by atomic mass is 19.1. The number of hydrogen-bond acceptors (Lipinski definition) is 5. The van der Waals surface area contributed by atoms with Gasteiger partial charge in [-0.25, -0.2) is 8.78 Å². The summed E-state index contributed by atoms with van der Waals surface area (Å²) in [5.74, 6) is -1.48. The van der Waals surface area contributed by atoms with Crippen molar-refractivity contribution in [3.05, 3.63) is 35.4 Å².